The van der Waals surface area contributed by atoms with Crippen molar-refractivity contribution in [1.82, 2.24) is 4.90 Å². The van der Waals surface area contributed by atoms with Crippen LogP contribution >= 0.6 is 12.4 Å². The predicted molar refractivity (Wildman–Crippen MR) is 99.2 cm³/mol. The van der Waals surface area contributed by atoms with Crippen LogP contribution in [-0.4, -0.2) is 49.5 Å². The summed E-state index contributed by atoms with van der Waals surface area (Å²) in [6.07, 6.45) is 2.20. The molecule has 1 aromatic carbocycles. The second-order valence-corrected chi connectivity index (χ2v) is 6.64. The molecule has 2 unspecified atom stereocenters. The Morgan fingerprint density at radius 1 is 1.40 bits per heavy atom. The fourth-order valence-corrected chi connectivity index (χ4v) is 3.72. The van der Waals surface area contributed by atoms with Crippen molar-refractivity contribution in [2.24, 2.45) is 11.7 Å². The van der Waals surface area contributed by atoms with Crippen molar-refractivity contribution < 1.29 is 14.3 Å². The number of likely N-dealkylation sites (tertiary alicyclic amines) is 1. The normalized spacial score (nSPS) is 22.9. The molecule has 0 aromatic heterocycles. The fraction of sp³-hybridized carbons (Fsp3) is 0.556. The molecule has 2 aliphatic heterocycles. The second-order valence-electron chi connectivity index (χ2n) is 6.64. The molecular formula is C18H26ClN3O3. The van der Waals surface area contributed by atoms with Crippen LogP contribution in [0.15, 0.2) is 18.2 Å². The molecule has 0 aliphatic carbocycles. The Kier molecular flexibility index (Phi) is 6.30. The summed E-state index contributed by atoms with van der Waals surface area (Å²) in [5.41, 5.74) is 7.57. The van der Waals surface area contributed by atoms with E-state index in [1.165, 1.54) is 0 Å². The van der Waals surface area contributed by atoms with Crippen molar-refractivity contribution in [1.29, 1.82) is 0 Å². The van der Waals surface area contributed by atoms with Crippen LogP contribution in [0, 0.1) is 12.8 Å². The molecule has 2 saturated heterocycles. The van der Waals surface area contributed by atoms with Crippen LogP contribution in [0.4, 0.5) is 5.69 Å². The maximum atomic E-state index is 12.8. The van der Waals surface area contributed by atoms with Gasteiger partial charge in [0.25, 0.3) is 0 Å². The van der Waals surface area contributed by atoms with Gasteiger partial charge in [-0.1, -0.05) is 6.07 Å². The van der Waals surface area contributed by atoms with Crippen LogP contribution in [0.25, 0.3) is 0 Å². The zero-order valence-electron chi connectivity index (χ0n) is 14.7. The summed E-state index contributed by atoms with van der Waals surface area (Å²) < 4.78 is 5.39. The van der Waals surface area contributed by atoms with Gasteiger partial charge >= 0.3 is 0 Å². The van der Waals surface area contributed by atoms with Gasteiger partial charge in [-0.15, -0.1) is 12.4 Å². The Morgan fingerprint density at radius 2 is 2.16 bits per heavy atom. The lowest BCUT2D eigenvalue weighted by atomic mass is 10.1. The first-order valence-electron chi connectivity index (χ1n) is 8.50. The van der Waals surface area contributed by atoms with E-state index in [1.54, 1.807) is 12.0 Å². The minimum atomic E-state index is -0.296. The van der Waals surface area contributed by atoms with Crippen LogP contribution in [0.1, 0.15) is 24.8 Å². The highest BCUT2D eigenvalue weighted by atomic mass is 35.5. The number of nitrogens with two attached hydrogens (primary N) is 1. The Hall–Kier alpha value is -1.79. The summed E-state index contributed by atoms with van der Waals surface area (Å²) in [5, 5.41) is 0. The Labute approximate surface area is 154 Å². The summed E-state index contributed by atoms with van der Waals surface area (Å²) in [6, 6.07) is 5.86. The van der Waals surface area contributed by atoms with E-state index >= 15 is 0 Å². The van der Waals surface area contributed by atoms with Gasteiger partial charge in [0.15, 0.2) is 0 Å². The van der Waals surface area contributed by atoms with Gasteiger partial charge in [0, 0.05) is 32.1 Å². The zero-order valence-corrected chi connectivity index (χ0v) is 15.6. The third-order valence-corrected chi connectivity index (χ3v) is 5.03. The molecule has 2 atom stereocenters. The Balaban J connectivity index is 0.00000225. The van der Waals surface area contributed by atoms with Crippen molar-refractivity contribution in [3.63, 3.8) is 0 Å². The lowest BCUT2D eigenvalue weighted by Crippen LogP contribution is -2.43. The minimum absolute atomic E-state index is 0. The van der Waals surface area contributed by atoms with Crippen LogP contribution in [0.2, 0.25) is 0 Å². The highest BCUT2D eigenvalue weighted by molar-refractivity contribution is 6.01. The van der Waals surface area contributed by atoms with E-state index in [9.17, 15) is 9.59 Å². The Morgan fingerprint density at radius 3 is 2.84 bits per heavy atom. The number of ether oxygens (including phenoxy) is 1. The summed E-state index contributed by atoms with van der Waals surface area (Å²) >= 11 is 0. The van der Waals surface area contributed by atoms with Crippen molar-refractivity contribution in [2.45, 2.75) is 32.2 Å². The van der Waals surface area contributed by atoms with Crippen molar-refractivity contribution in [3.05, 3.63) is 23.8 Å². The van der Waals surface area contributed by atoms with Gasteiger partial charge in [0.05, 0.1) is 18.7 Å². The largest absolute Gasteiger partial charge is 0.495 e. The monoisotopic (exact) mass is 367 g/mol. The van der Waals surface area contributed by atoms with Crippen molar-refractivity contribution in [3.8, 4) is 5.75 Å². The van der Waals surface area contributed by atoms with Gasteiger partial charge in [0.1, 0.15) is 5.75 Å². The van der Waals surface area contributed by atoms with Gasteiger partial charge in [-0.05, 0) is 37.5 Å². The topological polar surface area (TPSA) is 75.9 Å². The van der Waals surface area contributed by atoms with Crippen LogP contribution in [-0.2, 0) is 9.59 Å². The number of methoxy groups -OCH3 is 1. The molecular weight excluding hydrogens is 342 g/mol. The summed E-state index contributed by atoms with van der Waals surface area (Å²) in [4.78, 5) is 28.9. The standard InChI is InChI=1S/C18H25N3O3.ClH/c1-12-5-6-16(24-2)15(8-12)21-11-13(9-17(21)22)18(23)20-7-3-4-14(20)10-19;/h5-6,8,13-14H,3-4,7,9-11,19H2,1-2H3;1H. The number of aryl methyl sites for hydroxylation is 1. The molecule has 138 valence electrons. The summed E-state index contributed by atoms with van der Waals surface area (Å²) in [6.45, 7) is 3.62. The number of amides is 2. The molecule has 2 aliphatic rings. The van der Waals surface area contributed by atoms with Gasteiger partial charge in [-0.25, -0.2) is 0 Å². The molecule has 3 rings (SSSR count). The Bertz CT molecular complexity index is 652. The van der Waals surface area contributed by atoms with Crippen molar-refractivity contribution in [2.75, 3.05) is 31.6 Å². The van der Waals surface area contributed by atoms with Gasteiger partial charge in [-0.3, -0.25) is 9.59 Å². The molecule has 25 heavy (non-hydrogen) atoms. The highest BCUT2D eigenvalue weighted by Gasteiger charge is 2.40. The third-order valence-electron chi connectivity index (χ3n) is 5.03. The molecule has 0 saturated carbocycles. The number of nitrogens with zero attached hydrogens (tertiary/aromatic N) is 2. The van der Waals surface area contributed by atoms with Gasteiger partial charge in [0.2, 0.25) is 11.8 Å². The third kappa shape index (κ3) is 3.75. The number of anilines is 1. The molecule has 0 bridgehead atoms. The first kappa shape index (κ1) is 19.5. The van der Waals surface area contributed by atoms with E-state index < -0.39 is 0 Å². The molecule has 2 heterocycles. The van der Waals surface area contributed by atoms with Gasteiger partial charge in [-0.2, -0.15) is 0 Å². The van der Waals surface area contributed by atoms with E-state index in [0.29, 0.717) is 18.8 Å². The highest BCUT2D eigenvalue weighted by Crippen LogP contribution is 2.35. The lowest BCUT2D eigenvalue weighted by Gasteiger charge is -2.26. The van der Waals surface area contributed by atoms with Crippen LogP contribution in [0.3, 0.4) is 0 Å². The molecule has 6 nitrogen and oxygen atoms in total. The van der Waals surface area contributed by atoms with Crippen LogP contribution < -0.4 is 15.4 Å². The second kappa shape index (κ2) is 8.06. The number of rotatable bonds is 4. The quantitative estimate of drug-likeness (QED) is 0.879. The number of halogens is 1. The first-order chi connectivity index (χ1) is 11.5. The molecule has 2 amide bonds. The summed E-state index contributed by atoms with van der Waals surface area (Å²) in [7, 11) is 1.59. The zero-order chi connectivity index (χ0) is 17.3. The number of carbonyl (C=O) groups excluding carboxylic acids is 2. The van der Waals surface area contributed by atoms with Crippen LogP contribution in [0.5, 0.6) is 5.75 Å². The number of benzene rings is 1. The average Bonchev–Trinajstić information content (AvgIpc) is 3.20. The summed E-state index contributed by atoms with van der Waals surface area (Å²) in [5.74, 6) is 0.393. The van der Waals surface area contributed by atoms with E-state index in [2.05, 4.69) is 0 Å². The first-order valence-corrected chi connectivity index (χ1v) is 8.50. The molecule has 2 N–H and O–H groups in total. The molecule has 7 heteroatoms. The number of hydrogen-bond donors (Lipinski definition) is 1. The maximum Gasteiger partial charge on any atom is 0.228 e. The van der Waals surface area contributed by atoms with Crippen molar-refractivity contribution >= 4 is 29.9 Å². The predicted octanol–water partition coefficient (Wildman–Crippen LogP) is 1.73. The lowest BCUT2D eigenvalue weighted by molar-refractivity contribution is -0.136. The van der Waals surface area contributed by atoms with E-state index in [1.807, 2.05) is 30.0 Å². The minimum Gasteiger partial charge on any atom is -0.495 e. The number of carbonyl (C=O) groups is 2. The molecule has 0 radical (unpaired) electrons. The average molecular weight is 368 g/mol. The molecule has 2 fully saturated rings. The smallest absolute Gasteiger partial charge is 0.228 e. The van der Waals surface area contributed by atoms with Gasteiger partial charge < -0.3 is 20.3 Å². The van der Waals surface area contributed by atoms with E-state index in [-0.39, 0.29) is 42.6 Å². The van der Waals surface area contributed by atoms with E-state index in [0.717, 1.165) is 30.6 Å². The number of hydrogen-bond acceptors (Lipinski definition) is 4. The SMILES string of the molecule is COc1ccc(C)cc1N1CC(C(=O)N2CCCC2CN)CC1=O.Cl. The molecule has 0 spiro atoms. The van der Waals surface area contributed by atoms with E-state index in [4.69, 9.17) is 10.5 Å². The fourth-order valence-electron chi connectivity index (χ4n) is 3.72. The maximum absolute atomic E-state index is 12.8. The molecule has 1 aromatic rings.